The highest BCUT2D eigenvalue weighted by Crippen LogP contribution is 2.33. The first kappa shape index (κ1) is 21.8. The number of ether oxygens (including phenoxy) is 1. The SMILES string of the molecule is C=C1C=CC(N2CC[C@@H](Oc3ccc(C(=O)C4CC4)cc3)C2=O)=CN=C1N1CC(S(C)=O)C1. The highest BCUT2D eigenvalue weighted by atomic mass is 32.2. The van der Waals surface area contributed by atoms with Gasteiger partial charge in [-0.1, -0.05) is 6.58 Å². The summed E-state index contributed by atoms with van der Waals surface area (Å²) in [5, 5.41) is 0.162. The number of amidine groups is 1. The van der Waals surface area contributed by atoms with E-state index in [2.05, 4.69) is 16.5 Å². The number of rotatable bonds is 6. The topological polar surface area (TPSA) is 79.3 Å². The fourth-order valence-corrected chi connectivity index (χ4v) is 5.02. The Kier molecular flexibility index (Phi) is 5.78. The quantitative estimate of drug-likeness (QED) is 0.604. The van der Waals surface area contributed by atoms with E-state index in [1.165, 1.54) is 0 Å². The van der Waals surface area contributed by atoms with Crippen molar-refractivity contribution in [3.05, 3.63) is 66.0 Å². The van der Waals surface area contributed by atoms with Crippen LogP contribution in [0.2, 0.25) is 0 Å². The third-order valence-corrected chi connectivity index (χ3v) is 7.75. The standard InChI is InChI=1S/C25H27N3O4S/c1-16-3-8-19(13-26-24(16)27-14-21(15-27)33(2)31)28-12-11-22(25(28)30)32-20-9-6-18(7-10-20)23(29)17-4-5-17/h3,6-10,13,17,21-22H,1,4-5,11-12,14-15H2,2H3/t22-,33?/m1/s1. The lowest BCUT2D eigenvalue weighted by Gasteiger charge is -2.40. The molecule has 8 heteroatoms. The summed E-state index contributed by atoms with van der Waals surface area (Å²) >= 11 is 0. The largest absolute Gasteiger partial charge is 0.481 e. The number of hydrogen-bond acceptors (Lipinski definition) is 6. The van der Waals surface area contributed by atoms with Crippen LogP contribution in [0.25, 0.3) is 0 Å². The molecule has 4 aliphatic rings. The Bertz CT molecular complexity index is 1110. The van der Waals surface area contributed by atoms with E-state index < -0.39 is 16.9 Å². The van der Waals surface area contributed by atoms with Gasteiger partial charge in [0.15, 0.2) is 11.9 Å². The van der Waals surface area contributed by atoms with Gasteiger partial charge in [0.2, 0.25) is 0 Å². The van der Waals surface area contributed by atoms with Crippen molar-refractivity contribution in [2.24, 2.45) is 10.9 Å². The van der Waals surface area contributed by atoms with Gasteiger partial charge in [-0.25, -0.2) is 4.99 Å². The molecule has 0 bridgehead atoms. The minimum Gasteiger partial charge on any atom is -0.481 e. The molecule has 1 unspecified atom stereocenters. The average Bonchev–Trinajstić information content (AvgIpc) is 3.57. The number of hydrogen-bond donors (Lipinski definition) is 0. The van der Waals surface area contributed by atoms with Crippen LogP contribution < -0.4 is 4.74 Å². The number of carbonyl (C=O) groups excluding carboxylic acids is 2. The van der Waals surface area contributed by atoms with Crippen LogP contribution in [0.5, 0.6) is 5.75 Å². The van der Waals surface area contributed by atoms with Gasteiger partial charge in [0.25, 0.3) is 5.91 Å². The van der Waals surface area contributed by atoms with Gasteiger partial charge in [-0.2, -0.15) is 0 Å². The van der Waals surface area contributed by atoms with Crippen molar-refractivity contribution in [3.8, 4) is 5.75 Å². The van der Waals surface area contributed by atoms with Gasteiger partial charge in [-0.3, -0.25) is 13.8 Å². The fraction of sp³-hybridized carbons (Fsp3) is 0.400. The van der Waals surface area contributed by atoms with Crippen LogP contribution in [-0.4, -0.2) is 68.8 Å². The number of carbonyl (C=O) groups is 2. The zero-order chi connectivity index (χ0) is 23.1. The average molecular weight is 466 g/mol. The van der Waals surface area contributed by atoms with E-state index in [1.807, 2.05) is 12.2 Å². The number of nitrogens with zero attached hydrogens (tertiary/aromatic N) is 3. The van der Waals surface area contributed by atoms with E-state index in [9.17, 15) is 13.8 Å². The maximum Gasteiger partial charge on any atom is 0.268 e. The number of ketones is 1. The first-order valence-corrected chi connectivity index (χ1v) is 12.9. The number of likely N-dealkylation sites (tertiary alicyclic amines) is 2. The smallest absolute Gasteiger partial charge is 0.268 e. The van der Waals surface area contributed by atoms with Crippen molar-refractivity contribution in [1.29, 1.82) is 0 Å². The molecule has 3 aliphatic heterocycles. The second-order valence-electron chi connectivity index (χ2n) is 8.94. The van der Waals surface area contributed by atoms with Crippen LogP contribution in [-0.2, 0) is 15.6 Å². The second kappa shape index (κ2) is 8.74. The van der Waals surface area contributed by atoms with Gasteiger partial charge in [0.1, 0.15) is 11.6 Å². The van der Waals surface area contributed by atoms with Gasteiger partial charge in [-0.15, -0.1) is 0 Å². The fourth-order valence-electron chi connectivity index (χ4n) is 4.24. The molecule has 3 heterocycles. The molecule has 1 aromatic carbocycles. The Balaban J connectivity index is 1.23. The van der Waals surface area contributed by atoms with Crippen LogP contribution in [0.1, 0.15) is 29.6 Å². The normalized spacial score (nSPS) is 24.2. The molecule has 0 aromatic heterocycles. The molecular formula is C25H27N3O4S. The Morgan fingerprint density at radius 1 is 1.15 bits per heavy atom. The van der Waals surface area contributed by atoms with Crippen LogP contribution in [0.4, 0.5) is 0 Å². The lowest BCUT2D eigenvalue weighted by Crippen LogP contribution is -2.55. The number of benzene rings is 1. The third kappa shape index (κ3) is 4.44. The summed E-state index contributed by atoms with van der Waals surface area (Å²) in [5.74, 6) is 1.60. The molecule has 3 fully saturated rings. The highest BCUT2D eigenvalue weighted by Gasteiger charge is 2.36. The van der Waals surface area contributed by atoms with Crippen molar-refractivity contribution in [1.82, 2.24) is 9.80 Å². The van der Waals surface area contributed by atoms with E-state index in [0.29, 0.717) is 43.1 Å². The Morgan fingerprint density at radius 3 is 2.55 bits per heavy atom. The zero-order valence-corrected chi connectivity index (χ0v) is 19.4. The minimum atomic E-state index is -0.845. The molecule has 7 nitrogen and oxygen atoms in total. The maximum absolute atomic E-state index is 13.0. The van der Waals surface area contributed by atoms with Crippen molar-refractivity contribution in [2.75, 3.05) is 25.9 Å². The first-order chi connectivity index (χ1) is 15.9. The summed E-state index contributed by atoms with van der Waals surface area (Å²) in [7, 11) is -0.845. The van der Waals surface area contributed by atoms with Crippen molar-refractivity contribution >= 4 is 28.3 Å². The van der Waals surface area contributed by atoms with Crippen LogP contribution in [0.15, 0.2) is 65.5 Å². The molecule has 2 saturated heterocycles. The molecule has 0 radical (unpaired) electrons. The van der Waals surface area contributed by atoms with Crippen molar-refractivity contribution in [2.45, 2.75) is 30.6 Å². The van der Waals surface area contributed by atoms with Gasteiger partial charge in [-0.05, 0) is 49.3 Å². The van der Waals surface area contributed by atoms with Gasteiger partial charge < -0.3 is 14.5 Å². The number of allylic oxidation sites excluding steroid dienone is 1. The molecule has 1 saturated carbocycles. The predicted octanol–water partition coefficient (Wildman–Crippen LogP) is 2.69. The Labute approximate surface area is 195 Å². The summed E-state index contributed by atoms with van der Waals surface area (Å²) in [4.78, 5) is 33.5. The molecular weight excluding hydrogens is 438 g/mol. The Hall–Kier alpha value is -3.00. The van der Waals surface area contributed by atoms with Gasteiger partial charge in [0.05, 0.1) is 17.1 Å². The van der Waals surface area contributed by atoms with Crippen molar-refractivity contribution < 1.29 is 18.5 Å². The summed E-state index contributed by atoms with van der Waals surface area (Å²) in [6.07, 6.45) is 9.09. The Morgan fingerprint density at radius 2 is 1.88 bits per heavy atom. The second-order valence-corrected chi connectivity index (χ2v) is 10.6. The molecule has 0 N–H and O–H groups in total. The van der Waals surface area contributed by atoms with Crippen LogP contribution >= 0.6 is 0 Å². The summed E-state index contributed by atoms with van der Waals surface area (Å²) in [6.45, 7) is 6.02. The number of Topliss-reactive ketones (excluding diaryl/α,β-unsaturated/α-hetero) is 1. The van der Waals surface area contributed by atoms with Crippen molar-refractivity contribution in [3.63, 3.8) is 0 Å². The minimum absolute atomic E-state index is 0.112. The molecule has 5 rings (SSSR count). The molecule has 1 amide bonds. The van der Waals surface area contributed by atoms with E-state index in [1.54, 1.807) is 41.6 Å². The molecule has 0 spiro atoms. The lowest BCUT2D eigenvalue weighted by molar-refractivity contribution is -0.131. The zero-order valence-electron chi connectivity index (χ0n) is 18.6. The molecule has 1 aromatic rings. The summed E-state index contributed by atoms with van der Waals surface area (Å²) in [6, 6.07) is 7.08. The molecule has 33 heavy (non-hydrogen) atoms. The lowest BCUT2D eigenvalue weighted by atomic mass is 10.1. The molecule has 172 valence electrons. The van der Waals surface area contributed by atoms with E-state index in [4.69, 9.17) is 4.74 Å². The monoisotopic (exact) mass is 465 g/mol. The maximum atomic E-state index is 13.0. The van der Waals surface area contributed by atoms with Crippen LogP contribution in [0.3, 0.4) is 0 Å². The third-order valence-electron chi connectivity index (χ3n) is 6.51. The number of amides is 1. The highest BCUT2D eigenvalue weighted by molar-refractivity contribution is 7.85. The summed E-state index contributed by atoms with van der Waals surface area (Å²) < 4.78 is 17.6. The first-order valence-electron chi connectivity index (χ1n) is 11.3. The van der Waals surface area contributed by atoms with E-state index in [0.717, 1.165) is 24.3 Å². The van der Waals surface area contributed by atoms with Crippen LogP contribution in [0, 0.1) is 5.92 Å². The van der Waals surface area contributed by atoms with Gasteiger partial charge in [0, 0.05) is 60.2 Å². The van der Waals surface area contributed by atoms with Gasteiger partial charge >= 0.3 is 0 Å². The summed E-state index contributed by atoms with van der Waals surface area (Å²) in [5.41, 5.74) is 2.16. The molecule has 2 atom stereocenters. The predicted molar refractivity (Wildman–Crippen MR) is 127 cm³/mol. The van der Waals surface area contributed by atoms with E-state index >= 15 is 0 Å². The molecule has 1 aliphatic carbocycles. The number of aliphatic imine (C=N–C) groups is 1. The van der Waals surface area contributed by atoms with E-state index in [-0.39, 0.29) is 22.9 Å².